The van der Waals surface area contributed by atoms with Crippen LogP contribution in [0.15, 0.2) is 0 Å². The van der Waals surface area contributed by atoms with Gasteiger partial charge in [0.2, 0.25) is 0 Å². The maximum atomic E-state index is 5.61. The Labute approximate surface area is 121 Å². The normalized spacial score (nSPS) is 12.8. The summed E-state index contributed by atoms with van der Waals surface area (Å²) in [6.07, 6.45) is 19.1. The summed E-state index contributed by atoms with van der Waals surface area (Å²) in [5.41, 5.74) is 2.99. The Morgan fingerprint density at radius 2 is 1.00 bits per heavy atom. The Kier molecular flexibility index (Phi) is 15.9. The topological polar surface area (TPSA) is 38.0 Å². The lowest BCUT2D eigenvalue weighted by Crippen LogP contribution is -2.34. The third-order valence-electron chi connectivity index (χ3n) is 4.05. The highest BCUT2D eigenvalue weighted by Gasteiger charge is 2.05. The van der Waals surface area contributed by atoms with Crippen molar-refractivity contribution in [2.45, 2.75) is 110 Å². The second-order valence-electron chi connectivity index (χ2n) is 5.98. The molecule has 0 aliphatic rings. The number of rotatable bonds is 15. The van der Waals surface area contributed by atoms with Crippen LogP contribution in [-0.2, 0) is 0 Å². The molecular weight excluding hydrogens is 232 g/mol. The van der Waals surface area contributed by atoms with Crippen molar-refractivity contribution >= 4 is 0 Å². The molecule has 19 heavy (non-hydrogen) atoms. The molecule has 0 radical (unpaired) electrons. The average molecular weight is 271 g/mol. The number of hydrogen-bond donors (Lipinski definition) is 2. The largest absolute Gasteiger partial charge is 0.271 e. The fourth-order valence-electron chi connectivity index (χ4n) is 2.65. The molecule has 0 saturated heterocycles. The molecule has 0 aromatic heterocycles. The van der Waals surface area contributed by atoms with Gasteiger partial charge in [-0.15, -0.1) is 0 Å². The summed E-state index contributed by atoms with van der Waals surface area (Å²) in [4.78, 5) is 0. The van der Waals surface area contributed by atoms with Crippen LogP contribution in [0.1, 0.15) is 104 Å². The second kappa shape index (κ2) is 16.0. The molecule has 1 atom stereocenters. The zero-order valence-corrected chi connectivity index (χ0v) is 13.6. The third-order valence-corrected chi connectivity index (χ3v) is 4.05. The van der Waals surface area contributed by atoms with Crippen molar-refractivity contribution in [3.8, 4) is 0 Å². The predicted octanol–water partition coefficient (Wildman–Crippen LogP) is 5.32. The van der Waals surface area contributed by atoms with Crippen molar-refractivity contribution in [3.05, 3.63) is 0 Å². The lowest BCUT2D eigenvalue weighted by atomic mass is 10.0. The van der Waals surface area contributed by atoms with E-state index in [2.05, 4.69) is 19.3 Å². The van der Waals surface area contributed by atoms with E-state index in [4.69, 9.17) is 5.84 Å². The molecular formula is C17H38N2. The lowest BCUT2D eigenvalue weighted by molar-refractivity contribution is 0.422. The van der Waals surface area contributed by atoms with Crippen LogP contribution in [0.3, 0.4) is 0 Å². The molecule has 0 aliphatic carbocycles. The van der Waals surface area contributed by atoms with E-state index >= 15 is 0 Å². The first kappa shape index (κ1) is 18.9. The van der Waals surface area contributed by atoms with Gasteiger partial charge >= 0.3 is 0 Å². The quantitative estimate of drug-likeness (QED) is 0.240. The molecule has 0 aromatic carbocycles. The van der Waals surface area contributed by atoms with Crippen molar-refractivity contribution in [3.63, 3.8) is 0 Å². The molecule has 0 aromatic rings. The zero-order valence-electron chi connectivity index (χ0n) is 13.6. The molecule has 0 aliphatic heterocycles. The van der Waals surface area contributed by atoms with Gasteiger partial charge < -0.3 is 0 Å². The van der Waals surface area contributed by atoms with Crippen molar-refractivity contribution in [1.82, 2.24) is 5.43 Å². The molecule has 1 unspecified atom stereocenters. The van der Waals surface area contributed by atoms with Crippen molar-refractivity contribution < 1.29 is 0 Å². The van der Waals surface area contributed by atoms with Crippen molar-refractivity contribution in [2.24, 2.45) is 5.84 Å². The maximum absolute atomic E-state index is 5.61. The van der Waals surface area contributed by atoms with Gasteiger partial charge in [-0.3, -0.25) is 11.3 Å². The summed E-state index contributed by atoms with van der Waals surface area (Å²) in [5.74, 6) is 5.61. The summed E-state index contributed by atoms with van der Waals surface area (Å²) in [7, 11) is 0. The molecule has 116 valence electrons. The minimum absolute atomic E-state index is 0.552. The van der Waals surface area contributed by atoms with Gasteiger partial charge in [-0.25, -0.2) is 0 Å². The minimum atomic E-state index is 0.552. The first-order chi connectivity index (χ1) is 9.35. The fraction of sp³-hybridized carbons (Fsp3) is 1.00. The summed E-state index contributed by atoms with van der Waals surface area (Å²) >= 11 is 0. The van der Waals surface area contributed by atoms with Gasteiger partial charge in [-0.05, 0) is 12.8 Å². The van der Waals surface area contributed by atoms with Gasteiger partial charge in [0.05, 0.1) is 0 Å². The van der Waals surface area contributed by atoms with Crippen LogP contribution < -0.4 is 11.3 Å². The smallest absolute Gasteiger partial charge is 0.0210 e. The van der Waals surface area contributed by atoms with E-state index in [0.29, 0.717) is 6.04 Å². The van der Waals surface area contributed by atoms with Crippen LogP contribution in [0.4, 0.5) is 0 Å². The monoisotopic (exact) mass is 270 g/mol. The number of hydrazine groups is 1. The summed E-state index contributed by atoms with van der Waals surface area (Å²) in [6, 6.07) is 0.552. The number of hydrogen-bond acceptors (Lipinski definition) is 2. The molecule has 2 nitrogen and oxygen atoms in total. The lowest BCUT2D eigenvalue weighted by Gasteiger charge is -2.15. The van der Waals surface area contributed by atoms with Gasteiger partial charge in [-0.2, -0.15) is 0 Å². The van der Waals surface area contributed by atoms with E-state index in [0.717, 1.165) is 0 Å². The Bertz CT molecular complexity index is 159. The zero-order chi connectivity index (χ0) is 14.2. The van der Waals surface area contributed by atoms with Gasteiger partial charge in [0.25, 0.3) is 0 Å². The summed E-state index contributed by atoms with van der Waals surface area (Å²) < 4.78 is 0. The fourth-order valence-corrected chi connectivity index (χ4v) is 2.65. The van der Waals surface area contributed by atoms with Crippen LogP contribution in [0.25, 0.3) is 0 Å². The SMILES string of the molecule is CCCCCCCCCCCC(CCCCC)NN. The van der Waals surface area contributed by atoms with E-state index in [1.807, 2.05) is 0 Å². The molecule has 0 fully saturated rings. The molecule has 0 rings (SSSR count). The number of nitrogens with two attached hydrogens (primary N) is 1. The van der Waals surface area contributed by atoms with Crippen LogP contribution in [-0.4, -0.2) is 6.04 Å². The van der Waals surface area contributed by atoms with Crippen LogP contribution >= 0.6 is 0 Å². The highest BCUT2D eigenvalue weighted by molar-refractivity contribution is 4.63. The standard InChI is InChI=1S/C17H38N2/c1-3-5-7-8-9-10-11-12-14-16-17(19-18)15-13-6-4-2/h17,19H,3-16,18H2,1-2H3. The number of nitrogens with one attached hydrogen (secondary N) is 1. The summed E-state index contributed by atoms with van der Waals surface area (Å²) in [6.45, 7) is 4.54. The highest BCUT2D eigenvalue weighted by Crippen LogP contribution is 2.13. The Hall–Kier alpha value is -0.0800. The molecule has 0 heterocycles. The second-order valence-corrected chi connectivity index (χ2v) is 5.98. The summed E-state index contributed by atoms with van der Waals surface area (Å²) in [5, 5.41) is 0. The first-order valence-corrected chi connectivity index (χ1v) is 8.81. The van der Waals surface area contributed by atoms with Crippen LogP contribution in [0, 0.1) is 0 Å². The first-order valence-electron chi connectivity index (χ1n) is 8.81. The molecule has 0 saturated carbocycles. The average Bonchev–Trinajstić information content (AvgIpc) is 2.43. The molecule has 0 spiro atoms. The Balaban J connectivity index is 3.21. The van der Waals surface area contributed by atoms with Crippen molar-refractivity contribution in [2.75, 3.05) is 0 Å². The van der Waals surface area contributed by atoms with Gasteiger partial charge in [-0.1, -0.05) is 90.9 Å². The van der Waals surface area contributed by atoms with E-state index in [9.17, 15) is 0 Å². The van der Waals surface area contributed by atoms with Crippen LogP contribution in [0.5, 0.6) is 0 Å². The Morgan fingerprint density at radius 3 is 1.47 bits per heavy atom. The molecule has 2 heteroatoms. The van der Waals surface area contributed by atoms with Crippen LogP contribution in [0.2, 0.25) is 0 Å². The minimum Gasteiger partial charge on any atom is -0.271 e. The van der Waals surface area contributed by atoms with Crippen molar-refractivity contribution in [1.29, 1.82) is 0 Å². The molecule has 0 bridgehead atoms. The molecule has 0 amide bonds. The van der Waals surface area contributed by atoms with E-state index < -0.39 is 0 Å². The van der Waals surface area contributed by atoms with E-state index in [-0.39, 0.29) is 0 Å². The van der Waals surface area contributed by atoms with Gasteiger partial charge in [0.15, 0.2) is 0 Å². The van der Waals surface area contributed by atoms with Gasteiger partial charge in [0, 0.05) is 6.04 Å². The third kappa shape index (κ3) is 14.1. The Morgan fingerprint density at radius 1 is 0.632 bits per heavy atom. The predicted molar refractivity (Wildman–Crippen MR) is 87.1 cm³/mol. The number of unbranched alkanes of at least 4 members (excludes halogenated alkanes) is 10. The van der Waals surface area contributed by atoms with E-state index in [1.54, 1.807) is 0 Å². The highest BCUT2D eigenvalue weighted by atomic mass is 15.2. The maximum Gasteiger partial charge on any atom is 0.0210 e. The molecule has 3 N–H and O–H groups in total. The van der Waals surface area contributed by atoms with E-state index in [1.165, 1.54) is 89.9 Å². The van der Waals surface area contributed by atoms with Gasteiger partial charge in [0.1, 0.15) is 0 Å².